The number of hydrogen-bond donors (Lipinski definition) is 3. The molecule has 1 saturated heterocycles. The van der Waals surface area contributed by atoms with E-state index in [1.54, 1.807) is 18.5 Å². The molecule has 3 heterocycles. The molecule has 38 heavy (non-hydrogen) atoms. The fourth-order valence-electron chi connectivity index (χ4n) is 4.15. The van der Waals surface area contributed by atoms with E-state index in [1.807, 2.05) is 14.1 Å². The number of nitrogens with one attached hydrogen (secondary N) is 1. The van der Waals surface area contributed by atoms with Gasteiger partial charge in [0.2, 0.25) is 0 Å². The molecule has 1 unspecified atom stereocenters. The summed E-state index contributed by atoms with van der Waals surface area (Å²) in [4.78, 5) is 13.3. The van der Waals surface area contributed by atoms with E-state index < -0.39 is 17.0 Å². The van der Waals surface area contributed by atoms with Crippen LogP contribution in [0.2, 0.25) is 15.1 Å². The first-order chi connectivity index (χ1) is 17.8. The molecule has 4 rings (SSSR count). The molecule has 0 amide bonds. The predicted molar refractivity (Wildman–Crippen MR) is 154 cm³/mol. The maximum Gasteiger partial charge on any atom is 0.177 e. The molecular weight excluding hydrogens is 569 g/mol. The van der Waals surface area contributed by atoms with E-state index >= 15 is 0 Å². The van der Waals surface area contributed by atoms with Gasteiger partial charge in [0, 0.05) is 60.3 Å². The number of likely N-dealkylation sites (N-methyl/N-ethyl adjacent to an activating group) is 1. The number of nitrogens with zero attached hydrogens (tertiary/aromatic N) is 4. The van der Waals surface area contributed by atoms with E-state index in [9.17, 15) is 4.21 Å². The molecule has 1 aromatic carbocycles. The maximum atomic E-state index is 12.7. The Labute approximate surface area is 239 Å². The van der Waals surface area contributed by atoms with Gasteiger partial charge in [0.05, 0.1) is 42.0 Å². The van der Waals surface area contributed by atoms with E-state index in [0.29, 0.717) is 27.4 Å². The van der Waals surface area contributed by atoms with Crippen molar-refractivity contribution < 1.29 is 8.95 Å². The minimum atomic E-state index is -1.33. The van der Waals surface area contributed by atoms with Crippen LogP contribution in [0.1, 0.15) is 29.8 Å². The molecule has 1 aliphatic rings. The molecule has 1 aliphatic heterocycles. The monoisotopic (exact) mass is 595 g/mol. The zero-order chi connectivity index (χ0) is 27.9. The van der Waals surface area contributed by atoms with Gasteiger partial charge in [-0.15, -0.1) is 0 Å². The quantitative estimate of drug-likeness (QED) is 0.199. The minimum absolute atomic E-state index is 0.0132. The van der Waals surface area contributed by atoms with Gasteiger partial charge in [-0.2, -0.15) is 0 Å². The number of nitrogen functional groups attached to an aromatic ring is 1. The van der Waals surface area contributed by atoms with E-state index in [2.05, 4.69) is 26.7 Å². The number of halogens is 3. The molecule has 5 N–H and O–H groups in total. The molecule has 2 atom stereocenters. The smallest absolute Gasteiger partial charge is 0.177 e. The van der Waals surface area contributed by atoms with E-state index in [0.717, 1.165) is 13.1 Å². The van der Waals surface area contributed by atoms with Crippen molar-refractivity contribution in [2.45, 2.75) is 23.6 Å². The zero-order valence-electron chi connectivity index (χ0n) is 21.3. The van der Waals surface area contributed by atoms with Crippen LogP contribution in [0.4, 0.5) is 11.5 Å². The largest absolute Gasteiger partial charge is 0.470 e. The molecule has 0 spiro atoms. The van der Waals surface area contributed by atoms with Crippen molar-refractivity contribution in [3.63, 3.8) is 0 Å². The summed E-state index contributed by atoms with van der Waals surface area (Å²) in [5, 5.41) is 9.54. The summed E-state index contributed by atoms with van der Waals surface area (Å²) in [5.74, 6) is 0.830. The summed E-state index contributed by atoms with van der Waals surface area (Å²) in [6, 6.07) is 4.71. The molecule has 13 heteroatoms. The number of benzene rings is 1. The number of hydrogen-bond acceptors (Lipinski definition) is 9. The van der Waals surface area contributed by atoms with Gasteiger partial charge in [-0.05, 0) is 39.2 Å². The molecule has 9 nitrogen and oxygen atoms in total. The van der Waals surface area contributed by atoms with Gasteiger partial charge < -0.3 is 20.3 Å². The number of ether oxygens (including phenoxy) is 1. The van der Waals surface area contributed by atoms with Crippen LogP contribution in [-0.2, 0) is 10.8 Å². The number of rotatable bonds is 8. The van der Waals surface area contributed by atoms with Gasteiger partial charge >= 0.3 is 0 Å². The molecule has 202 valence electrons. The van der Waals surface area contributed by atoms with Crippen molar-refractivity contribution in [2.75, 3.05) is 44.1 Å². The first kappa shape index (κ1) is 28.5. The van der Waals surface area contributed by atoms with Crippen LogP contribution in [0.15, 0.2) is 41.7 Å². The molecule has 2 aromatic heterocycles. The van der Waals surface area contributed by atoms with Gasteiger partial charge in [0.25, 0.3) is 0 Å². The predicted octanol–water partition coefficient (Wildman–Crippen LogP) is 4.35. The Morgan fingerprint density at radius 2 is 1.79 bits per heavy atom. The topological polar surface area (TPSA) is 134 Å². The molecule has 0 radical (unpaired) electrons. The van der Waals surface area contributed by atoms with Crippen molar-refractivity contribution in [1.82, 2.24) is 14.9 Å². The second-order valence-corrected chi connectivity index (χ2v) is 12.1. The summed E-state index contributed by atoms with van der Waals surface area (Å²) in [6.45, 7) is 3.68. The third kappa shape index (κ3) is 5.47. The number of nitrogens with two attached hydrogens (primary N) is 2. The van der Waals surface area contributed by atoms with Gasteiger partial charge in [-0.3, -0.25) is 20.3 Å². The summed E-state index contributed by atoms with van der Waals surface area (Å²) >= 11 is 18.8. The average Bonchev–Trinajstić information content (AvgIpc) is 2.82. The summed E-state index contributed by atoms with van der Waals surface area (Å²) in [6.07, 6.45) is 4.93. The molecule has 1 fully saturated rings. The fraction of sp³-hybridized carbons (Fsp3) is 0.320. The van der Waals surface area contributed by atoms with E-state index in [4.69, 9.17) is 56.4 Å². The third-order valence-corrected chi connectivity index (χ3v) is 8.49. The van der Waals surface area contributed by atoms with Gasteiger partial charge in [-0.25, -0.2) is 4.98 Å². The van der Waals surface area contributed by atoms with Crippen LogP contribution < -0.4 is 21.1 Å². The Bertz CT molecular complexity index is 1410. The van der Waals surface area contributed by atoms with Crippen molar-refractivity contribution >= 4 is 62.8 Å². The van der Waals surface area contributed by atoms with Crippen LogP contribution in [0.5, 0.6) is 5.75 Å². The second kappa shape index (κ2) is 11.0. The molecular formula is C25H28Cl3N7O2S. The SMILES string of the molecule is CN(C)C1(C)CN(c2ncc(C(=N)c3cc(O[C@H](N)c4c(Cl)cncc4Cl)c(Cl)cc3N)cc2S(C)=O)C1. The lowest BCUT2D eigenvalue weighted by molar-refractivity contribution is 0.132. The van der Waals surface area contributed by atoms with E-state index in [-0.39, 0.29) is 37.8 Å². The summed E-state index contributed by atoms with van der Waals surface area (Å²) in [5.41, 5.74) is 13.9. The average molecular weight is 597 g/mol. The van der Waals surface area contributed by atoms with Crippen LogP contribution in [0.3, 0.4) is 0 Å². The highest BCUT2D eigenvalue weighted by Crippen LogP contribution is 2.37. The summed E-state index contributed by atoms with van der Waals surface area (Å²) in [7, 11) is 2.74. The number of anilines is 2. The van der Waals surface area contributed by atoms with Crippen molar-refractivity contribution in [2.24, 2.45) is 5.73 Å². The van der Waals surface area contributed by atoms with Crippen LogP contribution in [0.25, 0.3) is 0 Å². The Morgan fingerprint density at radius 3 is 2.37 bits per heavy atom. The highest BCUT2D eigenvalue weighted by atomic mass is 35.5. The van der Waals surface area contributed by atoms with Gasteiger partial charge in [-0.1, -0.05) is 34.8 Å². The molecule has 0 aliphatic carbocycles. The van der Waals surface area contributed by atoms with Crippen LogP contribution in [-0.4, -0.2) is 63.8 Å². The lowest BCUT2D eigenvalue weighted by Crippen LogP contribution is -2.67. The number of aromatic nitrogens is 2. The zero-order valence-corrected chi connectivity index (χ0v) is 24.3. The Balaban J connectivity index is 1.64. The highest BCUT2D eigenvalue weighted by molar-refractivity contribution is 7.84. The van der Waals surface area contributed by atoms with Gasteiger partial charge in [0.15, 0.2) is 6.23 Å². The minimum Gasteiger partial charge on any atom is -0.470 e. The Morgan fingerprint density at radius 1 is 1.16 bits per heavy atom. The Kier molecular flexibility index (Phi) is 8.23. The van der Waals surface area contributed by atoms with E-state index in [1.165, 1.54) is 24.5 Å². The standard InChI is InChI=1S/C25H28Cl3N7O2S/c1-25(34(2)3)11-35(12-25)24-20(38(4)36)5-13(8-33-24)22(30)14-6-19(15(26)7-18(14)29)37-23(31)21-16(27)9-32-10-17(21)28/h5-10,23,30H,11-12,29,31H2,1-4H3/t23-,38?/m0/s1. The first-order valence-corrected chi connectivity index (χ1v) is 14.2. The van der Waals surface area contributed by atoms with Crippen LogP contribution in [0, 0.1) is 5.41 Å². The summed E-state index contributed by atoms with van der Waals surface area (Å²) < 4.78 is 18.5. The normalized spacial score (nSPS) is 16.2. The highest BCUT2D eigenvalue weighted by Gasteiger charge is 2.42. The van der Waals surface area contributed by atoms with Crippen LogP contribution >= 0.6 is 34.8 Å². The molecule has 0 saturated carbocycles. The van der Waals surface area contributed by atoms with Crippen molar-refractivity contribution in [3.8, 4) is 5.75 Å². The molecule has 0 bridgehead atoms. The first-order valence-electron chi connectivity index (χ1n) is 11.5. The van der Waals surface area contributed by atoms with Crippen molar-refractivity contribution in [1.29, 1.82) is 5.41 Å². The molecule has 3 aromatic rings. The second-order valence-electron chi connectivity index (χ2n) is 9.55. The van der Waals surface area contributed by atoms with Gasteiger partial charge in [0.1, 0.15) is 11.6 Å². The number of pyridine rings is 2. The van der Waals surface area contributed by atoms with Crippen molar-refractivity contribution in [3.05, 3.63) is 68.5 Å². The fourth-order valence-corrected chi connectivity index (χ4v) is 5.68. The maximum absolute atomic E-state index is 12.7. The third-order valence-electron chi connectivity index (χ3n) is 6.68. The lowest BCUT2D eigenvalue weighted by Gasteiger charge is -2.52. The lowest BCUT2D eigenvalue weighted by atomic mass is 9.91. The Hall–Kier alpha value is -2.47.